The lowest BCUT2D eigenvalue weighted by Gasteiger charge is -2.26. The summed E-state index contributed by atoms with van der Waals surface area (Å²) in [5.74, 6) is -1.18. The average Bonchev–Trinajstić information content (AvgIpc) is 3.34. The Balaban J connectivity index is 1.72. The number of anilines is 1. The number of carbonyl (C=O) groups excluding carboxylic acids is 1. The lowest BCUT2D eigenvalue weighted by molar-refractivity contribution is -0.120. The lowest BCUT2D eigenvalue weighted by atomic mass is 10.0. The van der Waals surface area contributed by atoms with Crippen molar-refractivity contribution < 1.29 is 37.3 Å². The molecule has 0 saturated carbocycles. The van der Waals surface area contributed by atoms with E-state index in [0.29, 0.717) is 57.1 Å². The van der Waals surface area contributed by atoms with Gasteiger partial charge in [0, 0.05) is 43.3 Å². The number of ether oxygens (including phenoxy) is 3. The van der Waals surface area contributed by atoms with E-state index in [-0.39, 0.29) is 51.8 Å². The van der Waals surface area contributed by atoms with E-state index >= 15 is 0 Å². The SMILES string of the molecule is CCC(CC)C(=O)Nc1ccc(Oc2c(C)c(C(=O)O)nn2-c2ccc(OC)cc2)c(S(=O)(=O)NCCN2CCOCC2)c1. The maximum absolute atomic E-state index is 13.7. The molecule has 0 radical (unpaired) electrons. The summed E-state index contributed by atoms with van der Waals surface area (Å²) in [5.41, 5.74) is 0.703. The van der Waals surface area contributed by atoms with Crippen molar-refractivity contribution in [1.29, 1.82) is 0 Å². The Morgan fingerprint density at radius 1 is 1.09 bits per heavy atom. The van der Waals surface area contributed by atoms with E-state index in [2.05, 4.69) is 20.0 Å². The van der Waals surface area contributed by atoms with Gasteiger partial charge in [0.05, 0.1) is 26.0 Å². The summed E-state index contributed by atoms with van der Waals surface area (Å²) in [4.78, 5) is 26.7. The van der Waals surface area contributed by atoms with E-state index in [1.165, 1.54) is 30.8 Å². The van der Waals surface area contributed by atoms with Crippen molar-refractivity contribution >= 4 is 27.6 Å². The van der Waals surface area contributed by atoms with Gasteiger partial charge in [-0.3, -0.25) is 9.69 Å². The van der Waals surface area contributed by atoms with Gasteiger partial charge in [-0.1, -0.05) is 13.8 Å². The molecule has 3 N–H and O–H groups in total. The Hall–Kier alpha value is -3.98. The maximum atomic E-state index is 13.7. The summed E-state index contributed by atoms with van der Waals surface area (Å²) < 4.78 is 48.1. The second-order valence-corrected chi connectivity index (χ2v) is 12.0. The quantitative estimate of drug-likeness (QED) is 0.240. The van der Waals surface area contributed by atoms with Crippen LogP contribution in [0.25, 0.3) is 5.69 Å². The standard InChI is InChI=1S/C30H39N5O8S/c1-5-21(6-2)28(36)32-22-7-12-25(26(19-22)44(39,40)31-13-14-34-15-17-42-18-16-34)43-29-20(3)27(30(37)38)33-35(29)23-8-10-24(41-4)11-9-23/h7-12,19,21,31H,5-6,13-18H2,1-4H3,(H,32,36)(H,37,38). The number of aromatic carboxylic acids is 1. The molecular formula is C30H39N5O8S. The molecule has 238 valence electrons. The number of hydrogen-bond acceptors (Lipinski definition) is 9. The van der Waals surface area contributed by atoms with Crippen LogP contribution >= 0.6 is 0 Å². The van der Waals surface area contributed by atoms with Crippen LogP contribution in [-0.4, -0.2) is 86.6 Å². The number of nitrogens with zero attached hydrogens (tertiary/aromatic N) is 3. The summed E-state index contributed by atoms with van der Waals surface area (Å²) in [6.45, 7) is 8.56. The zero-order chi connectivity index (χ0) is 31.9. The highest BCUT2D eigenvalue weighted by atomic mass is 32.2. The molecule has 4 rings (SSSR count). The van der Waals surface area contributed by atoms with Gasteiger partial charge in [0.2, 0.25) is 21.8 Å². The molecule has 0 atom stereocenters. The van der Waals surface area contributed by atoms with Crippen molar-refractivity contribution in [3.8, 4) is 23.1 Å². The van der Waals surface area contributed by atoms with Crippen molar-refractivity contribution in [2.75, 3.05) is 51.8 Å². The molecule has 2 heterocycles. The third-order valence-corrected chi connectivity index (χ3v) is 8.96. The van der Waals surface area contributed by atoms with Gasteiger partial charge in [0.25, 0.3) is 0 Å². The van der Waals surface area contributed by atoms with Gasteiger partial charge in [-0.25, -0.2) is 17.9 Å². The molecule has 1 aromatic heterocycles. The number of carbonyl (C=O) groups is 2. The fourth-order valence-corrected chi connectivity index (χ4v) is 6.00. The largest absolute Gasteiger partial charge is 0.497 e. The highest BCUT2D eigenvalue weighted by Gasteiger charge is 2.27. The number of methoxy groups -OCH3 is 1. The molecule has 1 fully saturated rings. The summed E-state index contributed by atoms with van der Waals surface area (Å²) in [6, 6.07) is 11.0. The molecule has 0 aliphatic carbocycles. The molecule has 2 aromatic carbocycles. The van der Waals surface area contributed by atoms with Crippen molar-refractivity contribution in [3.63, 3.8) is 0 Å². The molecule has 1 aliphatic rings. The first-order valence-electron chi connectivity index (χ1n) is 14.5. The molecule has 1 amide bonds. The van der Waals surface area contributed by atoms with Crippen LogP contribution in [0.5, 0.6) is 17.4 Å². The number of hydrogen-bond donors (Lipinski definition) is 3. The molecular weight excluding hydrogens is 590 g/mol. The molecule has 44 heavy (non-hydrogen) atoms. The first-order valence-corrected chi connectivity index (χ1v) is 16.0. The minimum absolute atomic E-state index is 0.0196. The topological polar surface area (TPSA) is 161 Å². The zero-order valence-corrected chi connectivity index (χ0v) is 26.1. The van der Waals surface area contributed by atoms with Crippen molar-refractivity contribution in [3.05, 3.63) is 53.7 Å². The van der Waals surface area contributed by atoms with E-state index < -0.39 is 16.0 Å². The van der Waals surface area contributed by atoms with Crippen LogP contribution in [0.1, 0.15) is 42.7 Å². The fraction of sp³-hybridized carbons (Fsp3) is 0.433. The summed E-state index contributed by atoms with van der Waals surface area (Å²) in [7, 11) is -2.63. The van der Waals surface area contributed by atoms with Crippen molar-refractivity contribution in [2.24, 2.45) is 5.92 Å². The van der Waals surface area contributed by atoms with Crippen LogP contribution in [0.4, 0.5) is 5.69 Å². The van der Waals surface area contributed by atoms with Crippen molar-refractivity contribution in [2.45, 2.75) is 38.5 Å². The van der Waals surface area contributed by atoms with E-state index in [1.54, 1.807) is 30.3 Å². The second-order valence-electron chi connectivity index (χ2n) is 10.3. The Bertz CT molecular complexity index is 1560. The van der Waals surface area contributed by atoms with Crippen LogP contribution in [0, 0.1) is 12.8 Å². The highest BCUT2D eigenvalue weighted by molar-refractivity contribution is 7.89. The molecule has 1 aliphatic heterocycles. The third-order valence-electron chi connectivity index (χ3n) is 7.48. The van der Waals surface area contributed by atoms with Gasteiger partial charge < -0.3 is 24.6 Å². The normalized spacial score (nSPS) is 14.0. The van der Waals surface area contributed by atoms with Crippen LogP contribution in [0.2, 0.25) is 0 Å². The van der Waals surface area contributed by atoms with Crippen LogP contribution in [0.3, 0.4) is 0 Å². The van der Waals surface area contributed by atoms with Crippen LogP contribution in [-0.2, 0) is 19.6 Å². The van der Waals surface area contributed by atoms with E-state index in [1.807, 2.05) is 13.8 Å². The number of carboxylic acids is 1. The Kier molecular flexibility index (Phi) is 11.0. The zero-order valence-electron chi connectivity index (χ0n) is 25.3. The van der Waals surface area contributed by atoms with E-state index in [9.17, 15) is 23.1 Å². The minimum atomic E-state index is -4.16. The van der Waals surface area contributed by atoms with E-state index in [0.717, 1.165) is 0 Å². The number of amides is 1. The number of carboxylic acid groups (broad SMARTS) is 1. The summed E-state index contributed by atoms with van der Waals surface area (Å²) in [6.07, 6.45) is 1.27. The molecule has 14 heteroatoms. The molecule has 0 spiro atoms. The van der Waals surface area contributed by atoms with Gasteiger partial charge in [-0.05, 0) is 62.2 Å². The first-order chi connectivity index (χ1) is 21.1. The van der Waals surface area contributed by atoms with Gasteiger partial charge in [-0.2, -0.15) is 9.78 Å². The fourth-order valence-electron chi connectivity index (χ4n) is 4.83. The van der Waals surface area contributed by atoms with Gasteiger partial charge in [0.15, 0.2) is 5.69 Å². The smallest absolute Gasteiger partial charge is 0.356 e. The van der Waals surface area contributed by atoms with Gasteiger partial charge in [0.1, 0.15) is 16.4 Å². The molecule has 13 nitrogen and oxygen atoms in total. The number of sulfonamides is 1. The van der Waals surface area contributed by atoms with E-state index in [4.69, 9.17) is 14.2 Å². The second kappa shape index (κ2) is 14.7. The number of morpholine rings is 1. The monoisotopic (exact) mass is 629 g/mol. The van der Waals surface area contributed by atoms with Crippen LogP contribution < -0.4 is 19.5 Å². The van der Waals surface area contributed by atoms with Crippen LogP contribution in [0.15, 0.2) is 47.4 Å². The number of benzene rings is 2. The number of nitrogens with one attached hydrogen (secondary N) is 2. The Morgan fingerprint density at radius 3 is 2.39 bits per heavy atom. The average molecular weight is 630 g/mol. The van der Waals surface area contributed by atoms with Gasteiger partial charge in [-0.15, -0.1) is 0 Å². The predicted molar refractivity (Wildman–Crippen MR) is 163 cm³/mol. The molecule has 0 unspecified atom stereocenters. The summed E-state index contributed by atoms with van der Waals surface area (Å²) >= 11 is 0. The number of rotatable bonds is 14. The minimum Gasteiger partial charge on any atom is -0.497 e. The van der Waals surface area contributed by atoms with Crippen molar-refractivity contribution in [1.82, 2.24) is 19.4 Å². The lowest BCUT2D eigenvalue weighted by Crippen LogP contribution is -2.41. The molecule has 1 saturated heterocycles. The molecule has 3 aromatic rings. The Labute approximate surface area is 257 Å². The molecule has 0 bridgehead atoms. The van der Waals surface area contributed by atoms with Gasteiger partial charge >= 0.3 is 5.97 Å². The number of aromatic nitrogens is 2. The predicted octanol–water partition coefficient (Wildman–Crippen LogP) is 3.67. The highest BCUT2D eigenvalue weighted by Crippen LogP contribution is 2.35. The maximum Gasteiger partial charge on any atom is 0.356 e. The summed E-state index contributed by atoms with van der Waals surface area (Å²) in [5, 5.41) is 16.8. The Morgan fingerprint density at radius 2 is 1.77 bits per heavy atom. The first kappa shape index (κ1) is 32.9. The third kappa shape index (κ3) is 7.75.